The van der Waals surface area contributed by atoms with Crippen LogP contribution < -0.4 is 20.3 Å². The van der Waals surface area contributed by atoms with Gasteiger partial charge in [-0.25, -0.2) is 9.69 Å². The second-order valence-electron chi connectivity index (χ2n) is 8.20. The summed E-state index contributed by atoms with van der Waals surface area (Å²) in [6, 6.07) is 15.3. The number of aryl methyl sites for hydroxylation is 1. The van der Waals surface area contributed by atoms with E-state index in [1.54, 1.807) is 24.3 Å². The third kappa shape index (κ3) is 5.82. The van der Waals surface area contributed by atoms with E-state index < -0.39 is 23.8 Å². The maximum absolute atomic E-state index is 13.2. The van der Waals surface area contributed by atoms with Gasteiger partial charge in [0.05, 0.1) is 5.69 Å². The second kappa shape index (κ2) is 10.9. The average molecular weight is 538 g/mol. The van der Waals surface area contributed by atoms with Crippen molar-refractivity contribution >= 4 is 64.4 Å². The van der Waals surface area contributed by atoms with Crippen molar-refractivity contribution in [3.8, 4) is 5.75 Å². The number of amides is 5. The zero-order valence-electron chi connectivity index (χ0n) is 19.8. The molecule has 37 heavy (non-hydrogen) atoms. The third-order valence-corrected chi connectivity index (χ3v) is 6.15. The number of nitrogens with zero attached hydrogens (tertiary/aromatic N) is 1. The number of barbiturate groups is 1. The van der Waals surface area contributed by atoms with Crippen LogP contribution in [0.3, 0.4) is 0 Å². The molecule has 0 spiro atoms. The highest BCUT2D eigenvalue weighted by Gasteiger charge is 2.37. The molecule has 3 aromatic carbocycles. The summed E-state index contributed by atoms with van der Waals surface area (Å²) in [6.45, 7) is 3.51. The number of anilines is 2. The van der Waals surface area contributed by atoms with Crippen LogP contribution in [0.1, 0.15) is 16.7 Å². The molecule has 0 atom stereocenters. The minimum atomic E-state index is -0.903. The summed E-state index contributed by atoms with van der Waals surface area (Å²) < 4.78 is 5.70. The molecule has 1 aliphatic heterocycles. The van der Waals surface area contributed by atoms with E-state index in [0.717, 1.165) is 16.0 Å². The third-order valence-electron chi connectivity index (χ3n) is 5.68. The molecule has 188 valence electrons. The standard InChI is InChI=1S/C27H21Cl2N3O5/c1-15-5-3-8-22(16(15)2)30-24(33)14-37-23-10-9-19(29)11-17(23)12-21-25(34)31-27(36)32(26(21)35)20-7-4-6-18(28)13-20/h3-13H,14H2,1-2H3,(H,30,33)(H,31,34,36)/b21-12+. The Bertz CT molecular complexity index is 1470. The van der Waals surface area contributed by atoms with Crippen LogP contribution in [-0.2, 0) is 14.4 Å². The molecule has 1 aliphatic rings. The summed E-state index contributed by atoms with van der Waals surface area (Å²) in [6.07, 6.45) is 1.26. The van der Waals surface area contributed by atoms with Gasteiger partial charge < -0.3 is 10.1 Å². The predicted octanol–water partition coefficient (Wildman–Crippen LogP) is 5.29. The van der Waals surface area contributed by atoms with Crippen molar-refractivity contribution in [2.24, 2.45) is 0 Å². The zero-order valence-corrected chi connectivity index (χ0v) is 21.3. The molecule has 0 bridgehead atoms. The lowest BCUT2D eigenvalue weighted by atomic mass is 10.1. The molecule has 0 unspecified atom stereocenters. The number of imide groups is 2. The van der Waals surface area contributed by atoms with E-state index >= 15 is 0 Å². The van der Waals surface area contributed by atoms with Crippen LogP contribution in [0.5, 0.6) is 5.75 Å². The average Bonchev–Trinajstić information content (AvgIpc) is 2.84. The van der Waals surface area contributed by atoms with E-state index in [0.29, 0.717) is 15.7 Å². The Hall–Kier alpha value is -4.14. The maximum atomic E-state index is 13.2. The van der Waals surface area contributed by atoms with Gasteiger partial charge in [0.25, 0.3) is 17.7 Å². The predicted molar refractivity (Wildman–Crippen MR) is 142 cm³/mol. The first-order chi connectivity index (χ1) is 17.6. The van der Waals surface area contributed by atoms with Crippen molar-refractivity contribution in [1.29, 1.82) is 0 Å². The molecule has 4 rings (SSSR count). The van der Waals surface area contributed by atoms with Crippen LogP contribution >= 0.6 is 23.2 Å². The lowest BCUT2D eigenvalue weighted by Crippen LogP contribution is -2.54. The number of ether oxygens (including phenoxy) is 1. The Morgan fingerprint density at radius 3 is 2.49 bits per heavy atom. The fourth-order valence-corrected chi connectivity index (χ4v) is 4.01. The quantitative estimate of drug-likeness (QED) is 0.328. The smallest absolute Gasteiger partial charge is 0.335 e. The minimum absolute atomic E-state index is 0.194. The van der Waals surface area contributed by atoms with Gasteiger partial charge in [-0.3, -0.25) is 19.7 Å². The molecule has 10 heteroatoms. The van der Waals surface area contributed by atoms with Crippen LogP contribution in [0.15, 0.2) is 66.2 Å². The molecule has 1 fully saturated rings. The van der Waals surface area contributed by atoms with Gasteiger partial charge in [0.1, 0.15) is 11.3 Å². The Morgan fingerprint density at radius 1 is 1.00 bits per heavy atom. The van der Waals surface area contributed by atoms with E-state index in [1.165, 1.54) is 30.3 Å². The molecular formula is C27H21Cl2N3O5. The number of rotatable bonds is 6. The van der Waals surface area contributed by atoms with Crippen molar-refractivity contribution in [1.82, 2.24) is 5.32 Å². The Kier molecular flexibility index (Phi) is 7.61. The highest BCUT2D eigenvalue weighted by atomic mass is 35.5. The minimum Gasteiger partial charge on any atom is -0.483 e. The fraction of sp³-hybridized carbons (Fsp3) is 0.111. The number of hydrogen-bond acceptors (Lipinski definition) is 5. The molecule has 0 aromatic heterocycles. The van der Waals surface area contributed by atoms with E-state index in [-0.39, 0.29) is 29.2 Å². The maximum Gasteiger partial charge on any atom is 0.335 e. The van der Waals surface area contributed by atoms with Gasteiger partial charge in [-0.2, -0.15) is 0 Å². The van der Waals surface area contributed by atoms with E-state index in [1.807, 2.05) is 26.0 Å². The second-order valence-corrected chi connectivity index (χ2v) is 9.08. The summed E-state index contributed by atoms with van der Waals surface area (Å²) in [7, 11) is 0. The first-order valence-electron chi connectivity index (χ1n) is 11.1. The topological polar surface area (TPSA) is 105 Å². The van der Waals surface area contributed by atoms with Crippen LogP contribution in [0, 0.1) is 13.8 Å². The number of carbonyl (C=O) groups is 4. The molecule has 1 heterocycles. The molecule has 0 aliphatic carbocycles. The lowest BCUT2D eigenvalue weighted by molar-refractivity contribution is -0.122. The van der Waals surface area contributed by atoms with Gasteiger partial charge in [0.2, 0.25) is 0 Å². The van der Waals surface area contributed by atoms with Crippen LogP contribution in [0.2, 0.25) is 10.0 Å². The number of hydrogen-bond donors (Lipinski definition) is 2. The zero-order chi connectivity index (χ0) is 26.7. The van der Waals surface area contributed by atoms with Crippen molar-refractivity contribution in [2.75, 3.05) is 16.8 Å². The molecule has 2 N–H and O–H groups in total. The lowest BCUT2D eigenvalue weighted by Gasteiger charge is -2.26. The van der Waals surface area contributed by atoms with Gasteiger partial charge in [0, 0.05) is 21.3 Å². The van der Waals surface area contributed by atoms with Crippen LogP contribution in [-0.4, -0.2) is 30.4 Å². The molecular weight excluding hydrogens is 517 g/mol. The first-order valence-corrected chi connectivity index (χ1v) is 11.8. The Morgan fingerprint density at radius 2 is 1.73 bits per heavy atom. The summed E-state index contributed by atoms with van der Waals surface area (Å²) in [5.41, 5.74) is 2.78. The largest absolute Gasteiger partial charge is 0.483 e. The van der Waals surface area contributed by atoms with E-state index in [9.17, 15) is 19.2 Å². The number of halogens is 2. The number of carbonyl (C=O) groups excluding carboxylic acids is 4. The monoisotopic (exact) mass is 537 g/mol. The molecule has 0 saturated carbocycles. The van der Waals surface area contributed by atoms with Crippen molar-refractivity contribution in [3.63, 3.8) is 0 Å². The van der Waals surface area contributed by atoms with Gasteiger partial charge in [-0.1, -0.05) is 41.4 Å². The SMILES string of the molecule is Cc1cccc(NC(=O)COc2ccc(Cl)cc2/C=C2\C(=O)NC(=O)N(c3cccc(Cl)c3)C2=O)c1C. The normalized spacial score (nSPS) is 14.5. The van der Waals surface area contributed by atoms with E-state index in [4.69, 9.17) is 27.9 Å². The molecule has 1 saturated heterocycles. The van der Waals surface area contributed by atoms with E-state index in [2.05, 4.69) is 10.6 Å². The van der Waals surface area contributed by atoms with Crippen molar-refractivity contribution < 1.29 is 23.9 Å². The summed E-state index contributed by atoms with van der Waals surface area (Å²) in [5.74, 6) is -1.92. The van der Waals surface area contributed by atoms with Crippen molar-refractivity contribution in [3.05, 3.63) is 93.0 Å². The summed E-state index contributed by atoms with van der Waals surface area (Å²) in [4.78, 5) is 51.5. The summed E-state index contributed by atoms with van der Waals surface area (Å²) >= 11 is 12.2. The Balaban J connectivity index is 1.59. The Labute approximate surface area is 222 Å². The van der Waals surface area contributed by atoms with Gasteiger partial charge in [-0.05, 0) is 73.5 Å². The summed E-state index contributed by atoms with van der Waals surface area (Å²) in [5, 5.41) is 5.57. The van der Waals surface area contributed by atoms with Crippen LogP contribution in [0.25, 0.3) is 6.08 Å². The molecule has 0 radical (unpaired) electrons. The van der Waals surface area contributed by atoms with Gasteiger partial charge in [-0.15, -0.1) is 0 Å². The van der Waals surface area contributed by atoms with Gasteiger partial charge >= 0.3 is 6.03 Å². The van der Waals surface area contributed by atoms with Crippen molar-refractivity contribution in [2.45, 2.75) is 13.8 Å². The highest BCUT2D eigenvalue weighted by Crippen LogP contribution is 2.29. The number of nitrogens with one attached hydrogen (secondary N) is 2. The number of urea groups is 1. The molecule has 8 nitrogen and oxygen atoms in total. The highest BCUT2D eigenvalue weighted by molar-refractivity contribution is 6.39. The first kappa shape index (κ1) is 25.9. The molecule has 3 aromatic rings. The fourth-order valence-electron chi connectivity index (χ4n) is 3.64. The van der Waals surface area contributed by atoms with Gasteiger partial charge in [0.15, 0.2) is 6.61 Å². The number of benzene rings is 3. The van der Waals surface area contributed by atoms with Crippen LogP contribution in [0.4, 0.5) is 16.2 Å². The molecule has 5 amide bonds.